The Morgan fingerprint density at radius 2 is 2.12 bits per heavy atom. The zero-order valence-electron chi connectivity index (χ0n) is 9.29. The van der Waals surface area contributed by atoms with Crippen LogP contribution in [0.4, 0.5) is 0 Å². The lowest BCUT2D eigenvalue weighted by molar-refractivity contribution is 0.201. The molecule has 0 radical (unpaired) electrons. The maximum absolute atomic E-state index is 10.2. The second kappa shape index (κ2) is 4.37. The molecule has 0 saturated heterocycles. The Morgan fingerprint density at radius 3 is 2.75 bits per heavy atom. The van der Waals surface area contributed by atoms with Gasteiger partial charge in [0.1, 0.15) is 17.7 Å². The highest BCUT2D eigenvalue weighted by molar-refractivity contribution is 5.37. The summed E-state index contributed by atoms with van der Waals surface area (Å²) in [5, 5.41) is 10.2. The molecule has 1 atom stereocenters. The molecule has 84 valence electrons. The van der Waals surface area contributed by atoms with Crippen molar-refractivity contribution >= 4 is 0 Å². The Morgan fingerprint density at radius 1 is 1.38 bits per heavy atom. The summed E-state index contributed by atoms with van der Waals surface area (Å²) in [4.78, 5) is 4.12. The van der Waals surface area contributed by atoms with E-state index in [2.05, 4.69) is 4.98 Å². The number of hydrogen-bond acceptors (Lipinski definition) is 3. The third-order valence-corrected chi connectivity index (χ3v) is 2.54. The van der Waals surface area contributed by atoms with Crippen molar-refractivity contribution in [3.05, 3.63) is 48.0 Å². The number of aliphatic hydroxyl groups excluding tert-OH is 1. The molecule has 0 fully saturated rings. The maximum atomic E-state index is 10.2. The van der Waals surface area contributed by atoms with Gasteiger partial charge in [-0.05, 0) is 6.07 Å². The number of aryl methyl sites for hydroxylation is 1. The summed E-state index contributed by atoms with van der Waals surface area (Å²) in [5.74, 6) is 1.27. The Kier molecular flexibility index (Phi) is 2.92. The van der Waals surface area contributed by atoms with Gasteiger partial charge in [0.25, 0.3) is 0 Å². The van der Waals surface area contributed by atoms with E-state index in [9.17, 15) is 5.11 Å². The highest BCUT2D eigenvalue weighted by Crippen LogP contribution is 2.28. The molecule has 0 aliphatic rings. The lowest BCUT2D eigenvalue weighted by Gasteiger charge is -2.14. The first kappa shape index (κ1) is 10.7. The number of imidazole rings is 1. The van der Waals surface area contributed by atoms with Crippen molar-refractivity contribution in [3.8, 4) is 5.75 Å². The number of aliphatic hydroxyl groups is 1. The maximum Gasteiger partial charge on any atom is 0.142 e. The predicted molar refractivity (Wildman–Crippen MR) is 60.3 cm³/mol. The number of para-hydroxylation sites is 1. The summed E-state index contributed by atoms with van der Waals surface area (Å²) in [6.45, 7) is 0. The second-order valence-corrected chi connectivity index (χ2v) is 3.54. The van der Waals surface area contributed by atoms with Gasteiger partial charge in [0.05, 0.1) is 7.11 Å². The largest absolute Gasteiger partial charge is 0.496 e. The molecular formula is C12H14N2O2. The summed E-state index contributed by atoms with van der Waals surface area (Å²) >= 11 is 0. The molecule has 4 heteroatoms. The Labute approximate surface area is 94.1 Å². The molecule has 0 bridgehead atoms. The van der Waals surface area contributed by atoms with Crippen LogP contribution < -0.4 is 4.74 Å². The lowest BCUT2D eigenvalue weighted by atomic mass is 10.1. The SMILES string of the molecule is COc1ccccc1[C@H](O)c1nccn1C. The predicted octanol–water partition coefficient (Wildman–Crippen LogP) is 1.51. The van der Waals surface area contributed by atoms with Crippen LogP contribution in [0.1, 0.15) is 17.5 Å². The fourth-order valence-corrected chi connectivity index (χ4v) is 1.67. The standard InChI is InChI=1S/C12H14N2O2/c1-14-8-7-13-12(14)11(15)9-5-3-4-6-10(9)16-2/h3-8,11,15H,1-2H3/t11-/m0/s1. The molecule has 2 rings (SSSR count). The van der Waals surface area contributed by atoms with E-state index in [0.29, 0.717) is 11.6 Å². The van der Waals surface area contributed by atoms with E-state index in [4.69, 9.17) is 4.74 Å². The van der Waals surface area contributed by atoms with Gasteiger partial charge in [-0.2, -0.15) is 0 Å². The van der Waals surface area contributed by atoms with Gasteiger partial charge in [-0.25, -0.2) is 4.98 Å². The number of nitrogens with zero attached hydrogens (tertiary/aromatic N) is 2. The molecule has 0 spiro atoms. The molecular weight excluding hydrogens is 204 g/mol. The third kappa shape index (κ3) is 1.79. The van der Waals surface area contributed by atoms with E-state index < -0.39 is 6.10 Å². The molecule has 1 aromatic heterocycles. The summed E-state index contributed by atoms with van der Waals surface area (Å²) in [6.07, 6.45) is 2.69. The van der Waals surface area contributed by atoms with Crippen LogP contribution in [0.5, 0.6) is 5.75 Å². The minimum Gasteiger partial charge on any atom is -0.496 e. The monoisotopic (exact) mass is 218 g/mol. The van der Waals surface area contributed by atoms with E-state index >= 15 is 0 Å². The van der Waals surface area contributed by atoms with Crippen LogP contribution >= 0.6 is 0 Å². The van der Waals surface area contributed by atoms with Crippen LogP contribution in [0.25, 0.3) is 0 Å². The van der Waals surface area contributed by atoms with E-state index in [1.165, 1.54) is 0 Å². The van der Waals surface area contributed by atoms with Gasteiger partial charge in [0, 0.05) is 25.0 Å². The second-order valence-electron chi connectivity index (χ2n) is 3.54. The molecule has 0 unspecified atom stereocenters. The van der Waals surface area contributed by atoms with Crippen LogP contribution in [-0.2, 0) is 7.05 Å². The van der Waals surface area contributed by atoms with E-state index in [0.717, 1.165) is 5.56 Å². The number of rotatable bonds is 3. The molecule has 4 nitrogen and oxygen atoms in total. The van der Waals surface area contributed by atoms with Gasteiger partial charge in [-0.1, -0.05) is 18.2 Å². The van der Waals surface area contributed by atoms with Gasteiger partial charge >= 0.3 is 0 Å². The Hall–Kier alpha value is -1.81. The van der Waals surface area contributed by atoms with E-state index in [1.807, 2.05) is 31.3 Å². The zero-order valence-corrected chi connectivity index (χ0v) is 9.29. The minimum atomic E-state index is -0.767. The first-order chi connectivity index (χ1) is 7.74. The van der Waals surface area contributed by atoms with Crippen molar-refractivity contribution in [2.45, 2.75) is 6.10 Å². The van der Waals surface area contributed by atoms with Gasteiger partial charge in [0.15, 0.2) is 0 Å². The number of aromatic nitrogens is 2. The number of benzene rings is 1. The average Bonchev–Trinajstić information content (AvgIpc) is 2.74. The summed E-state index contributed by atoms with van der Waals surface area (Å²) in [6, 6.07) is 7.39. The van der Waals surface area contributed by atoms with E-state index in [-0.39, 0.29) is 0 Å². The van der Waals surface area contributed by atoms with Gasteiger partial charge in [-0.3, -0.25) is 0 Å². The molecule has 1 heterocycles. The topological polar surface area (TPSA) is 47.3 Å². The molecule has 0 aliphatic carbocycles. The zero-order chi connectivity index (χ0) is 11.5. The van der Waals surface area contributed by atoms with Crippen molar-refractivity contribution in [3.63, 3.8) is 0 Å². The Balaban J connectivity index is 2.41. The first-order valence-electron chi connectivity index (χ1n) is 5.02. The third-order valence-electron chi connectivity index (χ3n) is 2.54. The molecule has 0 amide bonds. The molecule has 2 aromatic rings. The Bertz CT molecular complexity index is 479. The highest BCUT2D eigenvalue weighted by atomic mass is 16.5. The molecule has 16 heavy (non-hydrogen) atoms. The average molecular weight is 218 g/mol. The number of ether oxygens (including phenoxy) is 1. The quantitative estimate of drug-likeness (QED) is 0.849. The number of methoxy groups -OCH3 is 1. The van der Waals surface area contributed by atoms with Crippen LogP contribution in [0.2, 0.25) is 0 Å². The van der Waals surface area contributed by atoms with Crippen LogP contribution in [0.15, 0.2) is 36.7 Å². The molecule has 0 aliphatic heterocycles. The van der Waals surface area contributed by atoms with Gasteiger partial charge in [0.2, 0.25) is 0 Å². The lowest BCUT2D eigenvalue weighted by Crippen LogP contribution is -2.08. The van der Waals surface area contributed by atoms with Crippen LogP contribution in [-0.4, -0.2) is 21.8 Å². The minimum absolute atomic E-state index is 0.601. The summed E-state index contributed by atoms with van der Waals surface area (Å²) in [5.41, 5.74) is 0.722. The van der Waals surface area contributed by atoms with Crippen LogP contribution in [0, 0.1) is 0 Å². The molecule has 0 saturated carbocycles. The van der Waals surface area contributed by atoms with E-state index in [1.54, 1.807) is 24.1 Å². The fourth-order valence-electron chi connectivity index (χ4n) is 1.67. The number of hydrogen-bond donors (Lipinski definition) is 1. The van der Waals surface area contributed by atoms with Crippen molar-refractivity contribution in [2.24, 2.45) is 7.05 Å². The van der Waals surface area contributed by atoms with Crippen molar-refractivity contribution < 1.29 is 9.84 Å². The van der Waals surface area contributed by atoms with Crippen molar-refractivity contribution in [2.75, 3.05) is 7.11 Å². The van der Waals surface area contributed by atoms with Crippen LogP contribution in [0.3, 0.4) is 0 Å². The van der Waals surface area contributed by atoms with Gasteiger partial charge in [-0.15, -0.1) is 0 Å². The van der Waals surface area contributed by atoms with Gasteiger partial charge < -0.3 is 14.4 Å². The summed E-state index contributed by atoms with van der Waals surface area (Å²) in [7, 11) is 3.44. The van der Waals surface area contributed by atoms with Crippen molar-refractivity contribution in [1.82, 2.24) is 9.55 Å². The molecule has 1 N–H and O–H groups in total. The molecule has 1 aromatic carbocycles. The highest BCUT2D eigenvalue weighted by Gasteiger charge is 2.18. The first-order valence-corrected chi connectivity index (χ1v) is 5.02. The normalized spacial score (nSPS) is 12.4. The fraction of sp³-hybridized carbons (Fsp3) is 0.250. The van der Waals surface area contributed by atoms with Crippen molar-refractivity contribution in [1.29, 1.82) is 0 Å². The smallest absolute Gasteiger partial charge is 0.142 e. The summed E-state index contributed by atoms with van der Waals surface area (Å²) < 4.78 is 7.00.